The lowest BCUT2D eigenvalue weighted by atomic mass is 9.42. The number of hydrogen-bond donors (Lipinski definition) is 0. The molecule has 13 heteroatoms. The number of ether oxygens (including phenoxy) is 2. The van der Waals surface area contributed by atoms with Crippen LogP contribution in [0, 0.1) is 5.41 Å². The molecule has 9 rings (SSSR count). The van der Waals surface area contributed by atoms with Crippen molar-refractivity contribution in [3.8, 4) is 11.3 Å². The summed E-state index contributed by atoms with van der Waals surface area (Å²) in [6.45, 7) is 10.00. The minimum Gasteiger partial charge on any atom is -0.444 e. The lowest BCUT2D eigenvalue weighted by molar-refractivity contribution is -0.220. The highest BCUT2D eigenvalue weighted by Gasteiger charge is 2.69. The zero-order valence-electron chi connectivity index (χ0n) is 28.2. The van der Waals surface area contributed by atoms with Crippen molar-refractivity contribution in [3.05, 3.63) is 60.3 Å². The number of rotatable bonds is 9. The van der Waals surface area contributed by atoms with Crippen LogP contribution in [0.4, 0.5) is 9.18 Å². The third-order valence-corrected chi connectivity index (χ3v) is 11.2. The maximum absolute atomic E-state index is 14.3. The second-order valence-electron chi connectivity index (χ2n) is 15.2. The van der Waals surface area contributed by atoms with Gasteiger partial charge >= 0.3 is 6.09 Å². The van der Waals surface area contributed by atoms with Gasteiger partial charge in [0.2, 0.25) is 0 Å². The van der Waals surface area contributed by atoms with E-state index in [-0.39, 0.29) is 17.7 Å². The van der Waals surface area contributed by atoms with Crippen LogP contribution in [0.15, 0.2) is 49.1 Å². The van der Waals surface area contributed by atoms with E-state index >= 15 is 0 Å². The van der Waals surface area contributed by atoms with E-state index in [1.165, 1.54) is 5.19 Å². The average Bonchev–Trinajstić information content (AvgIpc) is 3.76. The Morgan fingerprint density at radius 3 is 2.73 bits per heavy atom. The molecule has 5 aromatic rings. The molecule has 2 bridgehead atoms. The highest BCUT2D eigenvalue weighted by molar-refractivity contribution is 6.52. The first-order valence-electron chi connectivity index (χ1n) is 17.1. The highest BCUT2D eigenvalue weighted by Crippen LogP contribution is 2.69. The summed E-state index contributed by atoms with van der Waals surface area (Å²) in [5, 5.41) is 16.2. The maximum Gasteiger partial charge on any atom is 0.410 e. The quantitative estimate of drug-likeness (QED) is 0.200. The number of carbonyl (C=O) groups is 1. The molecular weight excluding hydrogens is 628 g/mol. The summed E-state index contributed by atoms with van der Waals surface area (Å²) in [6, 6.07) is 8.46. The summed E-state index contributed by atoms with van der Waals surface area (Å²) in [5.74, 6) is 0. The van der Waals surface area contributed by atoms with Crippen LogP contribution in [0.2, 0.25) is 6.55 Å². The van der Waals surface area contributed by atoms with E-state index in [0.29, 0.717) is 38.9 Å². The molecule has 0 spiro atoms. The number of aromatic nitrogens is 7. The zero-order chi connectivity index (χ0) is 33.3. The Bertz CT molecular complexity index is 1990. The van der Waals surface area contributed by atoms with Gasteiger partial charge in [-0.05, 0) is 82.4 Å². The Hall–Kier alpha value is -4.10. The van der Waals surface area contributed by atoms with Gasteiger partial charge in [0.15, 0.2) is 6.23 Å². The summed E-state index contributed by atoms with van der Waals surface area (Å²) in [6.07, 6.45) is 12.3. The van der Waals surface area contributed by atoms with Crippen LogP contribution in [0.25, 0.3) is 27.8 Å². The molecule has 1 amide bonds. The van der Waals surface area contributed by atoms with E-state index in [1.54, 1.807) is 4.90 Å². The van der Waals surface area contributed by atoms with Gasteiger partial charge in [0, 0.05) is 36.5 Å². The molecule has 5 heterocycles. The number of carbonyl (C=O) groups excluding carboxylic acids is 1. The number of nitrogens with zero attached hydrogens (tertiary/aromatic N) is 8. The Kier molecular flexibility index (Phi) is 7.47. The molecule has 1 aliphatic heterocycles. The number of alkyl halides is 1. The van der Waals surface area contributed by atoms with Gasteiger partial charge in [-0.1, -0.05) is 29.1 Å². The molecule has 4 aliphatic rings. The number of imidazole rings is 1. The van der Waals surface area contributed by atoms with Gasteiger partial charge in [-0.15, -0.1) is 5.10 Å². The minimum absolute atomic E-state index is 0.0265. The van der Waals surface area contributed by atoms with Crippen molar-refractivity contribution in [1.29, 1.82) is 0 Å². The molecule has 4 fully saturated rings. The van der Waals surface area contributed by atoms with Crippen LogP contribution >= 0.6 is 0 Å². The first-order valence-corrected chi connectivity index (χ1v) is 19.2. The summed E-state index contributed by atoms with van der Waals surface area (Å²) < 4.78 is 31.9. The average molecular weight is 671 g/mol. The molecule has 4 aromatic heterocycles. The third-order valence-electron chi connectivity index (χ3n) is 9.94. The van der Waals surface area contributed by atoms with E-state index in [2.05, 4.69) is 29.0 Å². The lowest BCUT2D eigenvalue weighted by Gasteiger charge is -2.66. The maximum atomic E-state index is 14.3. The molecule has 1 atom stereocenters. The smallest absolute Gasteiger partial charge is 0.410 e. The van der Waals surface area contributed by atoms with Gasteiger partial charge in [0.25, 0.3) is 0 Å². The van der Waals surface area contributed by atoms with Crippen molar-refractivity contribution < 1.29 is 18.7 Å². The van der Waals surface area contributed by atoms with Gasteiger partial charge < -0.3 is 18.8 Å². The number of halogens is 1. The molecule has 1 unspecified atom stereocenters. The molecule has 3 aliphatic carbocycles. The molecule has 0 N–H and O–H groups in total. The summed E-state index contributed by atoms with van der Waals surface area (Å²) >= 11 is 0. The Morgan fingerprint density at radius 2 is 2.00 bits per heavy atom. The first kappa shape index (κ1) is 31.2. The Labute approximate surface area is 281 Å². The number of hydrogen-bond acceptors (Lipinski definition) is 7. The fourth-order valence-corrected chi connectivity index (χ4v) is 8.66. The predicted octanol–water partition coefficient (Wildman–Crippen LogP) is 5.16. The van der Waals surface area contributed by atoms with Crippen LogP contribution in [-0.4, -0.2) is 79.1 Å². The summed E-state index contributed by atoms with van der Waals surface area (Å²) in [5.41, 5.74) is 3.79. The van der Waals surface area contributed by atoms with Crippen LogP contribution < -0.4 is 5.19 Å². The fraction of sp³-hybridized carbons (Fsp3) is 0.514. The Balaban J connectivity index is 1.01. The van der Waals surface area contributed by atoms with Gasteiger partial charge in [-0.2, -0.15) is 5.10 Å². The second-order valence-corrected chi connectivity index (χ2v) is 16.7. The lowest BCUT2D eigenvalue weighted by Crippen LogP contribution is -2.68. The molecule has 3 saturated carbocycles. The summed E-state index contributed by atoms with van der Waals surface area (Å²) in [7, 11) is -0.425. The fourth-order valence-electron chi connectivity index (χ4n) is 7.86. The van der Waals surface area contributed by atoms with Crippen molar-refractivity contribution in [2.75, 3.05) is 13.2 Å². The van der Waals surface area contributed by atoms with E-state index in [1.807, 2.05) is 71.5 Å². The zero-order valence-corrected chi connectivity index (χ0v) is 29.6. The van der Waals surface area contributed by atoms with E-state index in [4.69, 9.17) is 19.6 Å². The topological polar surface area (TPSA) is 105 Å². The van der Waals surface area contributed by atoms with Gasteiger partial charge in [-0.25, -0.2) is 23.5 Å². The van der Waals surface area contributed by atoms with Crippen molar-refractivity contribution in [2.45, 2.75) is 96.4 Å². The monoisotopic (exact) mass is 670 g/mol. The molecule has 1 saturated heterocycles. The minimum atomic E-state index is -1.02. The van der Waals surface area contributed by atoms with Crippen molar-refractivity contribution in [2.24, 2.45) is 5.41 Å². The molecule has 11 nitrogen and oxygen atoms in total. The van der Waals surface area contributed by atoms with Gasteiger partial charge in [0.1, 0.15) is 22.6 Å². The Morgan fingerprint density at radius 1 is 1.17 bits per heavy atom. The SMILES string of the molecule is C[SiH2]c1cc(-c2cn(Cc3cn4cc(CN(CC56CC(F)(C5)C6)C(=O)OC(C)(C)C)ccc4n3)nn2)c2cnn(C3CCCCO3)c2c1. The highest BCUT2D eigenvalue weighted by atomic mass is 28.2. The number of amides is 1. The van der Waals surface area contributed by atoms with Crippen LogP contribution in [0.3, 0.4) is 0 Å². The standard InChI is InChI=1S/C35H43FN8O3Si/c1-33(2,3)47-32(45)42(22-34-19-35(36,20-34)21-34)15-23-8-9-30-38-24(16-41(30)14-23)17-43-18-28(39-40-43)26-11-25(48-4)12-29-27(26)13-37-44(29)31-7-5-6-10-46-31/h8-9,11-14,16,18,31H,5-7,10,15,17,19-22,48H2,1-4H3. The number of pyridine rings is 1. The van der Waals surface area contributed by atoms with Gasteiger partial charge in [0.05, 0.1) is 46.2 Å². The van der Waals surface area contributed by atoms with Crippen LogP contribution in [-0.2, 0) is 22.6 Å². The van der Waals surface area contributed by atoms with Gasteiger partial charge in [-0.3, -0.25) is 0 Å². The van der Waals surface area contributed by atoms with Crippen molar-refractivity contribution >= 4 is 37.3 Å². The van der Waals surface area contributed by atoms with Crippen molar-refractivity contribution in [3.63, 3.8) is 0 Å². The molecular formula is C35H43FN8O3Si. The second kappa shape index (κ2) is 11.5. The number of fused-ring (bicyclic) bond motifs is 2. The first-order chi connectivity index (χ1) is 23.0. The molecule has 48 heavy (non-hydrogen) atoms. The number of benzene rings is 1. The van der Waals surface area contributed by atoms with Crippen LogP contribution in [0.1, 0.15) is 76.8 Å². The van der Waals surface area contributed by atoms with E-state index in [9.17, 15) is 9.18 Å². The normalized spacial score (nSPS) is 23.9. The predicted molar refractivity (Wildman–Crippen MR) is 183 cm³/mol. The molecule has 0 radical (unpaired) electrons. The van der Waals surface area contributed by atoms with E-state index < -0.39 is 20.8 Å². The van der Waals surface area contributed by atoms with Crippen molar-refractivity contribution in [1.82, 2.24) is 39.1 Å². The van der Waals surface area contributed by atoms with E-state index in [0.717, 1.165) is 64.9 Å². The van der Waals surface area contributed by atoms with Crippen LogP contribution in [0.5, 0.6) is 0 Å². The largest absolute Gasteiger partial charge is 0.444 e. The molecule has 1 aromatic carbocycles. The third kappa shape index (κ3) is 5.91. The molecule has 252 valence electrons. The summed E-state index contributed by atoms with van der Waals surface area (Å²) in [4.78, 5) is 19.8.